The lowest BCUT2D eigenvalue weighted by atomic mass is 9.90. The van der Waals surface area contributed by atoms with E-state index in [0.29, 0.717) is 20.1 Å². The zero-order chi connectivity index (χ0) is 35.1. The lowest BCUT2D eigenvalue weighted by Gasteiger charge is -2.15. The van der Waals surface area contributed by atoms with Crippen LogP contribution in [0, 0.1) is 0 Å². The van der Waals surface area contributed by atoms with Crippen molar-refractivity contribution in [3.63, 3.8) is 0 Å². The highest BCUT2D eigenvalue weighted by molar-refractivity contribution is 6.37. The molecule has 0 N–H and O–H groups in total. The summed E-state index contributed by atoms with van der Waals surface area (Å²) in [6, 6.07) is 54.5. The van der Waals surface area contributed by atoms with Gasteiger partial charge in [0.1, 0.15) is 0 Å². The van der Waals surface area contributed by atoms with Gasteiger partial charge >= 0.3 is 0 Å². The molecular weight excluding hydrogens is 718 g/mol. The second kappa shape index (κ2) is 12.3. The van der Waals surface area contributed by atoms with Gasteiger partial charge in [-0.25, -0.2) is 0 Å². The van der Waals surface area contributed by atoms with Crippen molar-refractivity contribution in [3.8, 4) is 11.1 Å². The van der Waals surface area contributed by atoms with Crippen LogP contribution in [0.1, 0.15) is 22.3 Å². The van der Waals surface area contributed by atoms with Crippen LogP contribution < -0.4 is 10.4 Å². The Morgan fingerprint density at radius 1 is 0.288 bits per heavy atom. The molecule has 52 heavy (non-hydrogen) atoms. The first-order valence-corrected chi connectivity index (χ1v) is 18.6. The Balaban J connectivity index is 1.60. The molecule has 4 heteroatoms. The standard InChI is InChI=1S/C48H26Cl4/c49-37-19-5-1-12-29(37)43(30-13-2-6-20-38(30)50)45-33-16-9-11-27-23-24-28-25-26-36-46(35-18-10-17-34(45)47(35)48(36)42(28)41(27)33)44(31-14-3-7-21-39(31)51)32-15-4-8-22-40(32)52/h1-26H. The fraction of sp³-hybridized carbons (Fsp3) is 0. The van der Waals surface area contributed by atoms with Gasteiger partial charge in [0.05, 0.1) is 0 Å². The number of benzene rings is 8. The molecule has 0 atom stereocenters. The molecule has 0 bridgehead atoms. The lowest BCUT2D eigenvalue weighted by molar-refractivity contribution is 1.52. The van der Waals surface area contributed by atoms with Gasteiger partial charge in [-0.15, -0.1) is 0 Å². The van der Waals surface area contributed by atoms with Crippen LogP contribution in [0.4, 0.5) is 0 Å². The summed E-state index contributed by atoms with van der Waals surface area (Å²) in [5.74, 6) is 0. The van der Waals surface area contributed by atoms with Crippen LogP contribution in [-0.2, 0) is 0 Å². The quantitative estimate of drug-likeness (QED) is 0.157. The molecule has 0 nitrogen and oxygen atoms in total. The summed E-state index contributed by atoms with van der Waals surface area (Å²) in [6.07, 6.45) is 0. The maximum absolute atomic E-state index is 7.14. The van der Waals surface area contributed by atoms with E-state index in [2.05, 4.69) is 84.9 Å². The normalized spacial score (nSPS) is 11.8. The third-order valence-electron chi connectivity index (χ3n) is 10.5. The Hall–Kier alpha value is -5.08. The first-order chi connectivity index (χ1) is 25.5. The molecule has 0 unspecified atom stereocenters. The van der Waals surface area contributed by atoms with E-state index in [-0.39, 0.29) is 0 Å². The van der Waals surface area contributed by atoms with Gasteiger partial charge in [-0.05, 0) is 88.9 Å². The molecular formula is C48H26Cl4. The average Bonchev–Trinajstić information content (AvgIpc) is 3.43. The van der Waals surface area contributed by atoms with Gasteiger partial charge in [0.15, 0.2) is 0 Å². The van der Waals surface area contributed by atoms with Crippen molar-refractivity contribution in [1.82, 2.24) is 0 Å². The van der Waals surface area contributed by atoms with Crippen LogP contribution in [0.5, 0.6) is 0 Å². The zero-order valence-corrected chi connectivity index (χ0v) is 30.5. The Labute approximate surface area is 320 Å². The van der Waals surface area contributed by atoms with Crippen molar-refractivity contribution in [2.75, 3.05) is 0 Å². The van der Waals surface area contributed by atoms with Gasteiger partial charge in [0.25, 0.3) is 0 Å². The van der Waals surface area contributed by atoms with Crippen molar-refractivity contribution in [2.45, 2.75) is 0 Å². The van der Waals surface area contributed by atoms with Crippen molar-refractivity contribution in [1.29, 1.82) is 0 Å². The fourth-order valence-electron chi connectivity index (χ4n) is 8.42. The average molecular weight is 745 g/mol. The van der Waals surface area contributed by atoms with Gasteiger partial charge < -0.3 is 0 Å². The van der Waals surface area contributed by atoms with Crippen LogP contribution in [-0.4, -0.2) is 0 Å². The molecule has 0 aliphatic heterocycles. The summed E-state index contributed by atoms with van der Waals surface area (Å²) in [5, 5.41) is 14.1. The van der Waals surface area contributed by atoms with Gasteiger partial charge in [0, 0.05) is 53.5 Å². The third-order valence-corrected chi connectivity index (χ3v) is 11.8. The van der Waals surface area contributed by atoms with Gasteiger partial charge in [0.2, 0.25) is 0 Å². The van der Waals surface area contributed by atoms with Gasteiger partial charge in [-0.1, -0.05) is 180 Å². The number of hydrogen-bond acceptors (Lipinski definition) is 0. The molecule has 0 amide bonds. The van der Waals surface area contributed by atoms with E-state index in [1.54, 1.807) is 0 Å². The van der Waals surface area contributed by atoms with E-state index in [9.17, 15) is 0 Å². The van der Waals surface area contributed by atoms with Gasteiger partial charge in [-0.2, -0.15) is 0 Å². The molecule has 0 radical (unpaired) electrons. The number of hydrogen-bond donors (Lipinski definition) is 0. The summed E-state index contributed by atoms with van der Waals surface area (Å²) in [7, 11) is 0. The summed E-state index contributed by atoms with van der Waals surface area (Å²) >= 11 is 28.5. The SMILES string of the molecule is Clc1ccccc1C(c1ccccc1Cl)=c1c2cccc3c2-c2c1ccc1ccc4cccc(c3=C(c3ccccc3Cl)c3ccccc3Cl)c4c21. The molecule has 0 aromatic heterocycles. The molecule has 0 spiro atoms. The Morgan fingerprint density at radius 2 is 0.654 bits per heavy atom. The predicted octanol–water partition coefficient (Wildman–Crippen LogP) is 13.4. The lowest BCUT2D eigenvalue weighted by Crippen LogP contribution is -2.12. The van der Waals surface area contributed by atoms with E-state index in [1.165, 1.54) is 27.3 Å². The first-order valence-electron chi connectivity index (χ1n) is 17.1. The maximum Gasteiger partial charge on any atom is 0.0484 e. The molecule has 2 aliphatic rings. The summed E-state index contributed by atoms with van der Waals surface area (Å²) in [4.78, 5) is 0. The minimum atomic E-state index is 0.658. The van der Waals surface area contributed by atoms with E-state index in [0.717, 1.165) is 70.8 Å². The third kappa shape index (κ3) is 4.62. The van der Waals surface area contributed by atoms with Gasteiger partial charge in [-0.3, -0.25) is 0 Å². The molecule has 8 aromatic carbocycles. The molecule has 0 heterocycles. The summed E-state index contributed by atoms with van der Waals surface area (Å²) < 4.78 is 0. The maximum atomic E-state index is 7.14. The topological polar surface area (TPSA) is 0 Å². The van der Waals surface area contributed by atoms with E-state index in [4.69, 9.17) is 46.4 Å². The zero-order valence-electron chi connectivity index (χ0n) is 27.5. The second-order valence-electron chi connectivity index (χ2n) is 13.2. The molecule has 0 fully saturated rings. The number of rotatable bonds is 4. The molecule has 10 rings (SSSR count). The van der Waals surface area contributed by atoms with E-state index in [1.807, 2.05) is 72.8 Å². The van der Waals surface area contributed by atoms with Crippen molar-refractivity contribution in [3.05, 3.63) is 211 Å². The first kappa shape index (κ1) is 31.6. The highest BCUT2D eigenvalue weighted by atomic mass is 35.5. The summed E-state index contributed by atoms with van der Waals surface area (Å²) in [5.41, 5.74) is 8.05. The second-order valence-corrected chi connectivity index (χ2v) is 14.8. The van der Waals surface area contributed by atoms with E-state index >= 15 is 0 Å². The van der Waals surface area contributed by atoms with Crippen LogP contribution in [0.15, 0.2) is 158 Å². The van der Waals surface area contributed by atoms with E-state index < -0.39 is 0 Å². The fourth-order valence-corrected chi connectivity index (χ4v) is 9.34. The van der Waals surface area contributed by atoms with Crippen molar-refractivity contribution >= 4 is 101 Å². The monoisotopic (exact) mass is 742 g/mol. The van der Waals surface area contributed by atoms with Crippen LogP contribution >= 0.6 is 46.4 Å². The van der Waals surface area contributed by atoms with Crippen molar-refractivity contribution in [2.24, 2.45) is 0 Å². The molecule has 8 aromatic rings. The van der Waals surface area contributed by atoms with Crippen molar-refractivity contribution < 1.29 is 0 Å². The largest absolute Gasteiger partial charge is 0.0837 e. The van der Waals surface area contributed by atoms with Crippen LogP contribution in [0.2, 0.25) is 20.1 Å². The summed E-state index contributed by atoms with van der Waals surface area (Å²) in [6.45, 7) is 0. The number of halogens is 4. The Kier molecular flexibility index (Phi) is 7.46. The predicted molar refractivity (Wildman–Crippen MR) is 224 cm³/mol. The molecule has 2 aliphatic carbocycles. The van der Waals surface area contributed by atoms with Crippen LogP contribution in [0.25, 0.3) is 65.4 Å². The molecule has 246 valence electrons. The smallest absolute Gasteiger partial charge is 0.0484 e. The highest BCUT2D eigenvalue weighted by Gasteiger charge is 2.27. The van der Waals surface area contributed by atoms with Crippen LogP contribution in [0.3, 0.4) is 0 Å². The Morgan fingerprint density at radius 3 is 1.13 bits per heavy atom. The minimum absolute atomic E-state index is 0.658. The highest BCUT2D eigenvalue weighted by Crippen LogP contribution is 2.46. The molecule has 0 saturated carbocycles. The Bertz CT molecular complexity index is 3030. The minimum Gasteiger partial charge on any atom is -0.0837 e. The molecule has 0 saturated heterocycles.